The molecule has 3 unspecified atom stereocenters. The molecule has 2 bridgehead atoms. The molecule has 9 rings (SSSR count). The number of alkyl halides is 1. The van der Waals surface area contributed by atoms with Crippen molar-refractivity contribution in [1.82, 2.24) is 25.2 Å². The number of ether oxygens (including phenoxy) is 2. The Labute approximate surface area is 281 Å². The molecule has 2 aliphatic carbocycles. The van der Waals surface area contributed by atoms with Gasteiger partial charge in [0.2, 0.25) is 5.88 Å². The van der Waals surface area contributed by atoms with E-state index in [2.05, 4.69) is 31.0 Å². The summed E-state index contributed by atoms with van der Waals surface area (Å²) >= 11 is 0. The van der Waals surface area contributed by atoms with Gasteiger partial charge in [-0.15, -0.1) is 6.42 Å². The van der Waals surface area contributed by atoms with Crippen molar-refractivity contribution in [2.45, 2.75) is 56.8 Å². The van der Waals surface area contributed by atoms with Gasteiger partial charge in [0.05, 0.1) is 19.3 Å². The number of rotatable bonds is 8. The number of pyridine rings is 1. The topological polar surface area (TPSA) is 95.9 Å². The second-order valence-corrected chi connectivity index (χ2v) is 14.8. The Morgan fingerprint density at radius 1 is 1.04 bits per heavy atom. The molecule has 2 aromatic heterocycles. The predicted octanol–water partition coefficient (Wildman–Crippen LogP) is 5.35. The van der Waals surface area contributed by atoms with Crippen molar-refractivity contribution >= 4 is 27.5 Å². The van der Waals surface area contributed by atoms with Crippen molar-refractivity contribution in [3.8, 4) is 41.2 Å². The maximum Gasteiger partial charge on any atom is 0.319 e. The van der Waals surface area contributed by atoms with Crippen molar-refractivity contribution in [3.05, 3.63) is 41.5 Å². The Kier molecular flexibility index (Phi) is 6.95. The normalized spacial score (nSPS) is 24.9. The van der Waals surface area contributed by atoms with E-state index in [1.54, 1.807) is 0 Å². The van der Waals surface area contributed by atoms with Crippen molar-refractivity contribution in [2.24, 2.45) is 10.8 Å². The van der Waals surface area contributed by atoms with Gasteiger partial charge >= 0.3 is 6.01 Å². The molecule has 3 atom stereocenters. The van der Waals surface area contributed by atoms with Crippen molar-refractivity contribution in [1.29, 1.82) is 0 Å². The van der Waals surface area contributed by atoms with Crippen LogP contribution in [0.4, 0.5) is 19.0 Å². The number of phenolic OH excluding ortho intramolecular Hbond substituents is 1. The molecule has 0 radical (unpaired) electrons. The lowest BCUT2D eigenvalue weighted by Gasteiger charge is -2.34. The SMILES string of the molecule is C#Cc1c(F)ccc2cc(O)cc(-c3nc(OC)c4c(N5CC6CCC(C5)N6)nc(OCC5(CN6CC(F)C7(CC7)C6)CC5)nc4c3F)c12. The molecule has 5 aliphatic rings. The van der Waals surface area contributed by atoms with Gasteiger partial charge in [-0.1, -0.05) is 12.0 Å². The van der Waals surface area contributed by atoms with E-state index < -0.39 is 17.8 Å². The van der Waals surface area contributed by atoms with Crippen LogP contribution in [0.25, 0.3) is 32.9 Å². The quantitative estimate of drug-likeness (QED) is 0.241. The number of hydrogen-bond acceptors (Lipinski definition) is 9. The molecule has 3 saturated heterocycles. The van der Waals surface area contributed by atoms with E-state index in [1.807, 2.05) is 0 Å². The van der Waals surface area contributed by atoms with E-state index in [9.17, 15) is 13.9 Å². The Morgan fingerprint density at radius 2 is 1.82 bits per heavy atom. The van der Waals surface area contributed by atoms with E-state index in [0.717, 1.165) is 51.6 Å². The third-order valence-corrected chi connectivity index (χ3v) is 11.4. The van der Waals surface area contributed by atoms with Gasteiger partial charge in [0, 0.05) is 66.6 Å². The summed E-state index contributed by atoms with van der Waals surface area (Å²) in [4.78, 5) is 18.4. The van der Waals surface area contributed by atoms with Gasteiger partial charge in [0.25, 0.3) is 0 Å². The maximum atomic E-state index is 17.1. The highest BCUT2D eigenvalue weighted by Crippen LogP contribution is 2.56. The van der Waals surface area contributed by atoms with E-state index in [1.165, 1.54) is 31.4 Å². The fraction of sp³-hybridized carbons (Fsp3) is 0.486. The van der Waals surface area contributed by atoms with Gasteiger partial charge in [-0.25, -0.2) is 18.2 Å². The second-order valence-electron chi connectivity index (χ2n) is 14.8. The summed E-state index contributed by atoms with van der Waals surface area (Å²) in [5.41, 5.74) is -0.524. The Bertz CT molecular complexity index is 2050. The lowest BCUT2D eigenvalue weighted by atomic mass is 9.95. The highest BCUT2D eigenvalue weighted by Gasteiger charge is 2.57. The monoisotopic (exact) mass is 670 g/mol. The molecular formula is C37H37F3N6O3. The third-order valence-electron chi connectivity index (χ3n) is 11.4. The molecule has 3 aliphatic heterocycles. The highest BCUT2D eigenvalue weighted by atomic mass is 19.1. The summed E-state index contributed by atoms with van der Waals surface area (Å²) < 4.78 is 58.9. The standard InChI is InChI=1S/C37H37F3N6O3/c1-3-24-26(38)7-4-20-12-23(47)13-25(28(20)24)31-30(40)32-29(34(42-31)48-2)33(46-14-21-5-6-22(15-46)41-21)44-35(43-32)49-19-36(8-9-36)17-45-16-27(39)37(18-45)10-11-37/h1,4,7,12-13,21-22,27,41,47H,5-6,8-11,14-19H2,2H3. The van der Waals surface area contributed by atoms with Gasteiger partial charge in [0.15, 0.2) is 5.82 Å². The van der Waals surface area contributed by atoms with Gasteiger partial charge in [-0.05, 0) is 62.1 Å². The molecule has 12 heteroatoms. The highest BCUT2D eigenvalue weighted by molar-refractivity contribution is 6.04. The first-order valence-electron chi connectivity index (χ1n) is 17.1. The number of fused-ring (bicyclic) bond motifs is 4. The van der Waals surface area contributed by atoms with Crippen LogP contribution < -0.4 is 19.7 Å². The van der Waals surface area contributed by atoms with Gasteiger partial charge in [-0.3, -0.25) is 4.90 Å². The van der Waals surface area contributed by atoms with Crippen LogP contribution in [0.3, 0.4) is 0 Å². The number of nitrogens with one attached hydrogen (secondary N) is 1. The largest absolute Gasteiger partial charge is 0.508 e. The molecule has 4 aromatic rings. The molecule has 2 N–H and O–H groups in total. The molecule has 9 nitrogen and oxygen atoms in total. The average molecular weight is 671 g/mol. The minimum atomic E-state index is -0.802. The number of piperazine rings is 1. The number of halogens is 3. The third kappa shape index (κ3) is 5.12. The zero-order valence-corrected chi connectivity index (χ0v) is 27.2. The van der Waals surface area contributed by atoms with E-state index in [4.69, 9.17) is 20.9 Å². The van der Waals surface area contributed by atoms with Gasteiger partial charge in [0.1, 0.15) is 40.2 Å². The zero-order valence-electron chi connectivity index (χ0n) is 27.2. The summed E-state index contributed by atoms with van der Waals surface area (Å²) in [5.74, 6) is 1.30. The second kappa shape index (κ2) is 11.1. The number of terminal acetylenes is 1. The lowest BCUT2D eigenvalue weighted by molar-refractivity contribution is 0.164. The number of aromatic hydroxyl groups is 1. The van der Waals surface area contributed by atoms with Crippen molar-refractivity contribution < 1.29 is 27.8 Å². The van der Waals surface area contributed by atoms with Crippen LogP contribution in [0.1, 0.15) is 44.1 Å². The number of methoxy groups -OCH3 is 1. The van der Waals surface area contributed by atoms with E-state index >= 15 is 4.39 Å². The van der Waals surface area contributed by atoms with Crippen LogP contribution in [0.5, 0.6) is 17.6 Å². The van der Waals surface area contributed by atoms with Crippen LogP contribution >= 0.6 is 0 Å². The van der Waals surface area contributed by atoms with Crippen molar-refractivity contribution in [2.75, 3.05) is 51.3 Å². The predicted molar refractivity (Wildman–Crippen MR) is 179 cm³/mol. The molecule has 2 aromatic carbocycles. The van der Waals surface area contributed by atoms with Crippen molar-refractivity contribution in [3.63, 3.8) is 0 Å². The number of phenols is 1. The molecule has 254 valence electrons. The number of anilines is 1. The number of benzene rings is 2. The number of nitrogens with zero attached hydrogens (tertiary/aromatic N) is 5. The number of likely N-dealkylation sites (tertiary alicyclic amines) is 1. The molecular weight excluding hydrogens is 633 g/mol. The summed E-state index contributed by atoms with van der Waals surface area (Å²) in [5, 5.41) is 15.2. The molecule has 0 amide bonds. The average Bonchev–Trinajstić information content (AvgIpc) is 4.00. The summed E-state index contributed by atoms with van der Waals surface area (Å²) in [6.45, 7) is 3.62. The first-order chi connectivity index (χ1) is 23.7. The number of hydrogen-bond donors (Lipinski definition) is 2. The molecule has 1 spiro atoms. The molecule has 2 saturated carbocycles. The van der Waals surface area contributed by atoms with Crippen LogP contribution in [0.15, 0.2) is 24.3 Å². The van der Waals surface area contributed by atoms with Crippen LogP contribution in [0, 0.1) is 34.8 Å². The van der Waals surface area contributed by atoms with Crippen LogP contribution in [-0.4, -0.2) is 89.7 Å². The van der Waals surface area contributed by atoms with Gasteiger partial charge in [-0.2, -0.15) is 9.97 Å². The Morgan fingerprint density at radius 3 is 2.49 bits per heavy atom. The summed E-state index contributed by atoms with van der Waals surface area (Å²) in [6, 6.07) is 5.99. The molecule has 5 fully saturated rings. The van der Waals surface area contributed by atoms with Crippen LogP contribution in [-0.2, 0) is 0 Å². The first-order valence-corrected chi connectivity index (χ1v) is 17.1. The fourth-order valence-electron chi connectivity index (χ4n) is 8.44. The smallest absolute Gasteiger partial charge is 0.319 e. The Hall–Kier alpha value is -4.34. The molecule has 49 heavy (non-hydrogen) atoms. The minimum Gasteiger partial charge on any atom is -0.508 e. The van der Waals surface area contributed by atoms with Gasteiger partial charge < -0.3 is 24.8 Å². The maximum absolute atomic E-state index is 17.1. The summed E-state index contributed by atoms with van der Waals surface area (Å²) in [6.07, 6.45) is 10.8. The Balaban J connectivity index is 1.15. The minimum absolute atomic E-state index is 0.0253. The zero-order chi connectivity index (χ0) is 33.7. The van der Waals surface area contributed by atoms with E-state index in [-0.39, 0.29) is 68.3 Å². The lowest BCUT2D eigenvalue weighted by Crippen LogP contribution is -2.51. The first kappa shape index (κ1) is 30.7. The van der Waals surface area contributed by atoms with Crippen LogP contribution in [0.2, 0.25) is 0 Å². The van der Waals surface area contributed by atoms with E-state index in [0.29, 0.717) is 42.8 Å². The molecule has 5 heterocycles. The number of aromatic nitrogens is 3. The fourth-order valence-corrected chi connectivity index (χ4v) is 8.44. The summed E-state index contributed by atoms with van der Waals surface area (Å²) in [7, 11) is 1.44.